The minimum atomic E-state index is -1.12. The topological polar surface area (TPSA) is 141 Å². The van der Waals surface area contributed by atoms with Crippen LogP contribution in [0.1, 0.15) is 38.8 Å². The molecule has 2 aromatic carbocycles. The summed E-state index contributed by atoms with van der Waals surface area (Å²) in [6, 6.07) is 13.9. The standard InChI is InChI=1S/C25H23N3O7/c1-16(15-34-2)35-21-12-17(7-8-18-5-3-4-6-22(18)28(32)33)11-20(13-21)24(29)27-23-10-9-19(14-26-23)25(30)31/h3-14,16H,15H2,1-2H3,(H,30,31)(H,26,27,29)/b8-7+/t16-/m0/s1. The van der Waals surface area contributed by atoms with E-state index < -0.39 is 16.8 Å². The summed E-state index contributed by atoms with van der Waals surface area (Å²) in [6.07, 6.45) is 4.08. The zero-order valence-electron chi connectivity index (χ0n) is 19.0. The molecule has 10 heteroatoms. The molecular weight excluding hydrogens is 454 g/mol. The molecule has 1 atom stereocenters. The van der Waals surface area contributed by atoms with Crippen molar-refractivity contribution in [3.63, 3.8) is 0 Å². The molecule has 0 bridgehead atoms. The average molecular weight is 477 g/mol. The van der Waals surface area contributed by atoms with Crippen LogP contribution in [0.25, 0.3) is 12.2 Å². The second-order valence-electron chi connectivity index (χ2n) is 7.52. The second-order valence-corrected chi connectivity index (χ2v) is 7.52. The Labute approximate surface area is 201 Å². The number of rotatable bonds is 10. The van der Waals surface area contributed by atoms with Gasteiger partial charge in [-0.05, 0) is 55.0 Å². The third kappa shape index (κ3) is 6.95. The highest BCUT2D eigenvalue weighted by atomic mass is 16.6. The van der Waals surface area contributed by atoms with Crippen molar-refractivity contribution in [1.82, 2.24) is 4.98 Å². The van der Waals surface area contributed by atoms with Gasteiger partial charge in [-0.3, -0.25) is 14.9 Å². The number of benzene rings is 2. The largest absolute Gasteiger partial charge is 0.488 e. The van der Waals surface area contributed by atoms with Crippen LogP contribution in [0.15, 0.2) is 60.8 Å². The number of carboxylic acids is 1. The van der Waals surface area contributed by atoms with Crippen LogP contribution in [-0.2, 0) is 4.74 Å². The van der Waals surface area contributed by atoms with Crippen molar-refractivity contribution >= 4 is 35.5 Å². The number of nitro groups is 1. The Morgan fingerprint density at radius 2 is 1.91 bits per heavy atom. The molecule has 1 amide bonds. The summed E-state index contributed by atoms with van der Waals surface area (Å²) in [7, 11) is 1.55. The molecule has 0 fully saturated rings. The van der Waals surface area contributed by atoms with Gasteiger partial charge in [0, 0.05) is 24.9 Å². The van der Waals surface area contributed by atoms with Gasteiger partial charge in [-0.2, -0.15) is 0 Å². The molecule has 35 heavy (non-hydrogen) atoms. The smallest absolute Gasteiger partial charge is 0.337 e. The molecule has 0 radical (unpaired) electrons. The molecule has 3 rings (SSSR count). The van der Waals surface area contributed by atoms with E-state index in [1.165, 1.54) is 18.2 Å². The zero-order chi connectivity index (χ0) is 25.4. The van der Waals surface area contributed by atoms with E-state index in [9.17, 15) is 19.7 Å². The van der Waals surface area contributed by atoms with Crippen molar-refractivity contribution in [3.8, 4) is 5.75 Å². The van der Waals surface area contributed by atoms with Gasteiger partial charge in [0.2, 0.25) is 0 Å². The number of hydrogen-bond donors (Lipinski definition) is 2. The number of carboxylic acid groups (broad SMARTS) is 1. The van der Waals surface area contributed by atoms with Crippen molar-refractivity contribution in [2.75, 3.05) is 19.0 Å². The van der Waals surface area contributed by atoms with Crippen LogP contribution in [-0.4, -0.2) is 46.7 Å². The molecule has 1 aromatic heterocycles. The molecule has 0 unspecified atom stereocenters. The molecule has 0 aliphatic carbocycles. The van der Waals surface area contributed by atoms with Gasteiger partial charge in [0.1, 0.15) is 17.7 Å². The molecule has 3 aromatic rings. The maximum absolute atomic E-state index is 12.9. The number of nitrogens with one attached hydrogen (secondary N) is 1. The van der Waals surface area contributed by atoms with Crippen LogP contribution in [0.2, 0.25) is 0 Å². The average Bonchev–Trinajstić information content (AvgIpc) is 2.83. The van der Waals surface area contributed by atoms with E-state index in [4.69, 9.17) is 14.6 Å². The van der Waals surface area contributed by atoms with Crippen molar-refractivity contribution in [1.29, 1.82) is 0 Å². The first kappa shape index (κ1) is 25.1. The fraction of sp³-hybridized carbons (Fsp3) is 0.160. The lowest BCUT2D eigenvalue weighted by molar-refractivity contribution is -0.385. The summed E-state index contributed by atoms with van der Waals surface area (Å²) >= 11 is 0. The molecule has 2 N–H and O–H groups in total. The number of carbonyl (C=O) groups excluding carboxylic acids is 1. The van der Waals surface area contributed by atoms with E-state index in [1.54, 1.807) is 55.7 Å². The first-order valence-corrected chi connectivity index (χ1v) is 10.5. The summed E-state index contributed by atoms with van der Waals surface area (Å²) in [5.41, 5.74) is 1.18. The molecule has 0 spiro atoms. The highest BCUT2D eigenvalue weighted by Crippen LogP contribution is 2.24. The lowest BCUT2D eigenvalue weighted by Crippen LogP contribution is -2.19. The highest BCUT2D eigenvalue weighted by Gasteiger charge is 2.14. The maximum atomic E-state index is 12.9. The minimum Gasteiger partial charge on any atom is -0.488 e. The van der Waals surface area contributed by atoms with Crippen molar-refractivity contribution in [2.45, 2.75) is 13.0 Å². The normalized spacial score (nSPS) is 11.7. The Bertz CT molecular complexity index is 1260. The lowest BCUT2D eigenvalue weighted by atomic mass is 10.1. The first-order chi connectivity index (χ1) is 16.8. The van der Waals surface area contributed by atoms with Crippen molar-refractivity contribution in [2.24, 2.45) is 0 Å². The first-order valence-electron chi connectivity index (χ1n) is 10.5. The van der Waals surface area contributed by atoms with Gasteiger partial charge < -0.3 is 19.9 Å². The number of aromatic nitrogens is 1. The van der Waals surface area contributed by atoms with Crippen LogP contribution >= 0.6 is 0 Å². The van der Waals surface area contributed by atoms with E-state index in [1.807, 2.05) is 6.92 Å². The number of para-hydroxylation sites is 1. The van der Waals surface area contributed by atoms with E-state index in [0.717, 1.165) is 6.20 Å². The number of pyridine rings is 1. The van der Waals surface area contributed by atoms with Crippen LogP contribution in [0.3, 0.4) is 0 Å². The fourth-order valence-corrected chi connectivity index (χ4v) is 3.18. The number of hydrogen-bond acceptors (Lipinski definition) is 7. The monoisotopic (exact) mass is 477 g/mol. The van der Waals surface area contributed by atoms with Crippen LogP contribution in [0.5, 0.6) is 5.75 Å². The van der Waals surface area contributed by atoms with Gasteiger partial charge in [-0.15, -0.1) is 0 Å². The number of amides is 1. The summed E-state index contributed by atoms with van der Waals surface area (Å²) in [4.78, 5) is 38.7. The number of methoxy groups -OCH3 is 1. The Morgan fingerprint density at radius 3 is 2.57 bits per heavy atom. The highest BCUT2D eigenvalue weighted by molar-refractivity contribution is 6.04. The Balaban J connectivity index is 1.91. The molecule has 0 aliphatic rings. The SMILES string of the molecule is COC[C@H](C)Oc1cc(/C=C/c2ccccc2[N+](=O)[O-])cc(C(=O)Nc2ccc(C(=O)O)cn2)c1. The van der Waals surface area contributed by atoms with Gasteiger partial charge in [0.05, 0.1) is 22.7 Å². The third-order valence-corrected chi connectivity index (χ3v) is 4.77. The third-order valence-electron chi connectivity index (χ3n) is 4.77. The van der Waals surface area contributed by atoms with Crippen molar-refractivity contribution < 1.29 is 29.1 Å². The zero-order valence-corrected chi connectivity index (χ0v) is 19.0. The summed E-state index contributed by atoms with van der Waals surface area (Å²) in [6.45, 7) is 2.14. The lowest BCUT2D eigenvalue weighted by Gasteiger charge is -2.15. The van der Waals surface area contributed by atoms with Gasteiger partial charge in [-0.25, -0.2) is 9.78 Å². The van der Waals surface area contributed by atoms with Crippen LogP contribution in [0, 0.1) is 10.1 Å². The maximum Gasteiger partial charge on any atom is 0.337 e. The number of nitro benzene ring substituents is 1. The van der Waals surface area contributed by atoms with E-state index in [2.05, 4.69) is 10.3 Å². The molecular formula is C25H23N3O7. The quantitative estimate of drug-likeness (QED) is 0.247. The number of anilines is 1. The summed E-state index contributed by atoms with van der Waals surface area (Å²) in [5.74, 6) is -1.04. The minimum absolute atomic E-state index is 0.00652. The number of nitrogens with zero attached hydrogens (tertiary/aromatic N) is 2. The van der Waals surface area contributed by atoms with Crippen LogP contribution in [0.4, 0.5) is 11.5 Å². The Hall–Kier alpha value is -4.57. The summed E-state index contributed by atoms with van der Waals surface area (Å²) < 4.78 is 11.0. The van der Waals surface area contributed by atoms with E-state index in [0.29, 0.717) is 23.5 Å². The van der Waals surface area contributed by atoms with Crippen LogP contribution < -0.4 is 10.1 Å². The molecule has 0 saturated heterocycles. The number of carbonyl (C=O) groups is 2. The molecule has 180 valence electrons. The fourth-order valence-electron chi connectivity index (χ4n) is 3.18. The number of aromatic carboxylic acids is 1. The predicted molar refractivity (Wildman–Crippen MR) is 130 cm³/mol. The van der Waals surface area contributed by atoms with Gasteiger partial charge >= 0.3 is 5.97 Å². The predicted octanol–water partition coefficient (Wildman–Crippen LogP) is 4.52. The van der Waals surface area contributed by atoms with Gasteiger partial charge in [-0.1, -0.05) is 18.2 Å². The van der Waals surface area contributed by atoms with Gasteiger partial charge in [0.15, 0.2) is 0 Å². The Kier molecular flexibility index (Phi) is 8.25. The van der Waals surface area contributed by atoms with E-state index >= 15 is 0 Å². The molecule has 0 saturated carbocycles. The molecule has 1 heterocycles. The van der Waals surface area contributed by atoms with Gasteiger partial charge in [0.25, 0.3) is 11.6 Å². The Morgan fingerprint density at radius 1 is 1.14 bits per heavy atom. The second kappa shape index (κ2) is 11.5. The molecule has 10 nitrogen and oxygen atoms in total. The number of ether oxygens (including phenoxy) is 2. The summed E-state index contributed by atoms with van der Waals surface area (Å²) in [5, 5.41) is 22.9. The molecule has 0 aliphatic heterocycles. The van der Waals surface area contributed by atoms with E-state index in [-0.39, 0.29) is 28.7 Å². The van der Waals surface area contributed by atoms with Crippen molar-refractivity contribution in [3.05, 3.63) is 93.2 Å².